The number of anilines is 1. The lowest BCUT2D eigenvalue weighted by molar-refractivity contribution is -0.117. The van der Waals surface area contributed by atoms with E-state index >= 15 is 0 Å². The summed E-state index contributed by atoms with van der Waals surface area (Å²) in [6, 6.07) is 3.60. The van der Waals surface area contributed by atoms with E-state index in [1.54, 1.807) is 0 Å². The van der Waals surface area contributed by atoms with Crippen LogP contribution in [0.1, 0.15) is 19.8 Å². The third-order valence-electron chi connectivity index (χ3n) is 3.05. The number of nitrogens with one attached hydrogen (secondary N) is 2. The molecule has 4 N–H and O–H groups in total. The van der Waals surface area contributed by atoms with Crippen LogP contribution in [0.4, 0.5) is 5.69 Å². The molecule has 0 saturated heterocycles. The molecule has 0 heterocycles. The molecule has 22 heavy (non-hydrogen) atoms. The van der Waals surface area contributed by atoms with Crippen molar-refractivity contribution >= 4 is 34.0 Å². The number of rotatable bonds is 6. The van der Waals surface area contributed by atoms with E-state index in [4.69, 9.17) is 10.5 Å². The number of nitrogens with two attached hydrogens (primary N) is 1. The maximum Gasteiger partial charge on any atom is 0.241 e. The van der Waals surface area contributed by atoms with Gasteiger partial charge in [0, 0.05) is 6.04 Å². The van der Waals surface area contributed by atoms with Crippen molar-refractivity contribution in [2.45, 2.75) is 36.7 Å². The number of halogens is 1. The number of sulfonamides is 1. The molecule has 1 fully saturated rings. The maximum atomic E-state index is 12.2. The van der Waals surface area contributed by atoms with Gasteiger partial charge in [-0.05, 0) is 38.0 Å². The molecule has 1 aromatic rings. The van der Waals surface area contributed by atoms with Gasteiger partial charge in [0.2, 0.25) is 15.9 Å². The van der Waals surface area contributed by atoms with Crippen LogP contribution < -0.4 is 20.5 Å². The largest absolute Gasteiger partial charge is 0.495 e. The van der Waals surface area contributed by atoms with Crippen molar-refractivity contribution in [3.8, 4) is 5.75 Å². The van der Waals surface area contributed by atoms with Crippen molar-refractivity contribution in [3.63, 3.8) is 0 Å². The number of ether oxygens (including phenoxy) is 1. The monoisotopic (exact) mass is 349 g/mol. The molecule has 1 aliphatic rings. The molecule has 0 radical (unpaired) electrons. The van der Waals surface area contributed by atoms with Gasteiger partial charge >= 0.3 is 0 Å². The quantitative estimate of drug-likeness (QED) is 0.705. The van der Waals surface area contributed by atoms with Crippen LogP contribution in [0.2, 0.25) is 0 Å². The molecule has 2 rings (SSSR count). The van der Waals surface area contributed by atoms with E-state index in [0.29, 0.717) is 5.75 Å². The molecule has 1 saturated carbocycles. The number of carbonyl (C=O) groups is 1. The Morgan fingerprint density at radius 3 is 2.55 bits per heavy atom. The van der Waals surface area contributed by atoms with Gasteiger partial charge in [-0.3, -0.25) is 4.79 Å². The van der Waals surface area contributed by atoms with Crippen LogP contribution in [0.25, 0.3) is 0 Å². The second-order valence-corrected chi connectivity index (χ2v) is 6.75. The Morgan fingerprint density at radius 1 is 1.41 bits per heavy atom. The van der Waals surface area contributed by atoms with Crippen LogP contribution in [-0.2, 0) is 14.8 Å². The lowest BCUT2D eigenvalue weighted by Gasteiger charge is -2.14. The second-order valence-electron chi connectivity index (χ2n) is 5.04. The fraction of sp³-hybridized carbons (Fsp3) is 0.462. The van der Waals surface area contributed by atoms with E-state index in [0.717, 1.165) is 12.8 Å². The van der Waals surface area contributed by atoms with Crippen LogP contribution >= 0.6 is 12.4 Å². The highest BCUT2D eigenvalue weighted by Gasteiger charge is 2.28. The molecule has 1 amide bonds. The van der Waals surface area contributed by atoms with Crippen molar-refractivity contribution in [2.75, 3.05) is 12.4 Å². The summed E-state index contributed by atoms with van der Waals surface area (Å²) in [5.41, 5.74) is 5.77. The molecule has 124 valence electrons. The van der Waals surface area contributed by atoms with Crippen LogP contribution in [0, 0.1) is 0 Å². The number of methoxy groups -OCH3 is 1. The molecule has 1 aliphatic carbocycles. The highest BCUT2D eigenvalue weighted by Crippen LogP contribution is 2.29. The second kappa shape index (κ2) is 7.28. The van der Waals surface area contributed by atoms with E-state index in [-0.39, 0.29) is 29.0 Å². The van der Waals surface area contributed by atoms with Gasteiger partial charge in [0.05, 0.1) is 23.7 Å². The summed E-state index contributed by atoms with van der Waals surface area (Å²) in [7, 11) is -2.15. The molecule has 0 aliphatic heterocycles. The Hall–Kier alpha value is -1.35. The fourth-order valence-corrected chi connectivity index (χ4v) is 3.02. The molecule has 9 heteroatoms. The molecule has 7 nitrogen and oxygen atoms in total. The first-order chi connectivity index (χ1) is 9.83. The highest BCUT2D eigenvalue weighted by molar-refractivity contribution is 7.89. The van der Waals surface area contributed by atoms with Gasteiger partial charge in [-0.1, -0.05) is 0 Å². The van der Waals surface area contributed by atoms with Gasteiger partial charge in [0.25, 0.3) is 0 Å². The molecular formula is C13H20ClN3O4S. The Morgan fingerprint density at radius 2 is 2.05 bits per heavy atom. The van der Waals surface area contributed by atoms with Crippen LogP contribution in [0.3, 0.4) is 0 Å². The Bertz CT molecular complexity index is 645. The predicted octanol–water partition coefficient (Wildman–Crippen LogP) is 0.843. The zero-order valence-electron chi connectivity index (χ0n) is 12.3. The molecule has 0 aromatic heterocycles. The summed E-state index contributed by atoms with van der Waals surface area (Å²) in [5.74, 6) is -0.0487. The van der Waals surface area contributed by atoms with Crippen molar-refractivity contribution in [3.05, 3.63) is 18.2 Å². The summed E-state index contributed by atoms with van der Waals surface area (Å²) >= 11 is 0. The zero-order chi connectivity index (χ0) is 15.6. The molecule has 0 unspecified atom stereocenters. The first-order valence-corrected chi connectivity index (χ1v) is 8.08. The smallest absolute Gasteiger partial charge is 0.241 e. The maximum absolute atomic E-state index is 12.2. The van der Waals surface area contributed by atoms with Crippen molar-refractivity contribution in [2.24, 2.45) is 5.73 Å². The number of amides is 1. The lowest BCUT2D eigenvalue weighted by atomic mass is 10.2. The lowest BCUT2D eigenvalue weighted by Crippen LogP contribution is -2.32. The van der Waals surface area contributed by atoms with Crippen LogP contribution in [0.15, 0.2) is 23.1 Å². The van der Waals surface area contributed by atoms with E-state index in [2.05, 4.69) is 10.0 Å². The third-order valence-corrected chi connectivity index (χ3v) is 4.57. The average molecular weight is 350 g/mol. The Labute approximate surface area is 136 Å². The van der Waals surface area contributed by atoms with Crippen molar-refractivity contribution < 1.29 is 17.9 Å². The summed E-state index contributed by atoms with van der Waals surface area (Å²) in [6.07, 6.45) is 1.70. The van der Waals surface area contributed by atoms with Crippen molar-refractivity contribution in [1.29, 1.82) is 0 Å². The van der Waals surface area contributed by atoms with E-state index in [1.165, 1.54) is 32.2 Å². The topological polar surface area (TPSA) is 111 Å². The molecule has 1 aromatic carbocycles. The van der Waals surface area contributed by atoms with E-state index < -0.39 is 22.0 Å². The number of hydrogen-bond donors (Lipinski definition) is 3. The predicted molar refractivity (Wildman–Crippen MR) is 85.9 cm³/mol. The average Bonchev–Trinajstić information content (AvgIpc) is 3.21. The van der Waals surface area contributed by atoms with Crippen molar-refractivity contribution in [1.82, 2.24) is 4.72 Å². The molecule has 0 spiro atoms. The first-order valence-electron chi connectivity index (χ1n) is 6.60. The van der Waals surface area contributed by atoms with Crippen LogP contribution in [0.5, 0.6) is 5.75 Å². The SMILES string of the molecule is COc1ccc(S(=O)(=O)NC2CC2)cc1NC(=O)[C@H](C)N.Cl. The van der Waals surface area contributed by atoms with E-state index in [1.807, 2.05) is 0 Å². The van der Waals surface area contributed by atoms with Gasteiger partial charge in [0.15, 0.2) is 0 Å². The summed E-state index contributed by atoms with van der Waals surface area (Å²) in [4.78, 5) is 11.8. The van der Waals surface area contributed by atoms with Gasteiger partial charge in [-0.15, -0.1) is 12.4 Å². The number of hydrogen-bond acceptors (Lipinski definition) is 5. The summed E-state index contributed by atoms with van der Waals surface area (Å²) in [5, 5.41) is 2.56. The van der Waals surface area contributed by atoms with E-state index in [9.17, 15) is 13.2 Å². The standard InChI is InChI=1S/C13H19N3O4S.ClH/c1-8(14)13(17)15-11-7-10(5-6-12(11)20-2)21(18,19)16-9-3-4-9;/h5-9,16H,3-4,14H2,1-2H3,(H,15,17);1H/t8-;/m0./s1. The first kappa shape index (κ1) is 18.7. The summed E-state index contributed by atoms with van der Waals surface area (Å²) < 4.78 is 32.0. The zero-order valence-corrected chi connectivity index (χ0v) is 14.0. The highest BCUT2D eigenvalue weighted by atomic mass is 35.5. The Kier molecular flexibility index (Phi) is 6.18. The fourth-order valence-electron chi connectivity index (χ4n) is 1.69. The van der Waals surface area contributed by atoms with Crippen LogP contribution in [-0.4, -0.2) is 33.5 Å². The molecule has 1 atom stereocenters. The minimum absolute atomic E-state index is 0. The Balaban J connectivity index is 0.00000242. The number of carbonyl (C=O) groups excluding carboxylic acids is 1. The number of benzene rings is 1. The van der Waals surface area contributed by atoms with Gasteiger partial charge in [-0.2, -0.15) is 0 Å². The summed E-state index contributed by atoms with van der Waals surface area (Å²) in [6.45, 7) is 1.54. The van der Waals surface area contributed by atoms with Gasteiger partial charge in [-0.25, -0.2) is 13.1 Å². The molecular weight excluding hydrogens is 330 g/mol. The minimum Gasteiger partial charge on any atom is -0.495 e. The van der Waals surface area contributed by atoms with Gasteiger partial charge < -0.3 is 15.8 Å². The minimum atomic E-state index is -3.59. The van der Waals surface area contributed by atoms with Gasteiger partial charge in [0.1, 0.15) is 5.75 Å². The normalized spacial score (nSPS) is 15.6. The third kappa shape index (κ3) is 4.57. The molecule has 0 bridgehead atoms.